The monoisotopic (exact) mass is 268 g/mol. The lowest BCUT2D eigenvalue weighted by Gasteiger charge is -2.10. The summed E-state index contributed by atoms with van der Waals surface area (Å²) in [6.07, 6.45) is 5.55. The first-order chi connectivity index (χ1) is 9.78. The number of nitrogens with two attached hydrogens (primary N) is 1. The van der Waals surface area contributed by atoms with Gasteiger partial charge in [-0.1, -0.05) is 6.08 Å². The highest BCUT2D eigenvalue weighted by atomic mass is 16.5. The summed E-state index contributed by atoms with van der Waals surface area (Å²) in [6.45, 7) is 3.73. The maximum Gasteiger partial charge on any atom is 0.242 e. The van der Waals surface area contributed by atoms with Crippen molar-refractivity contribution in [2.75, 3.05) is 5.73 Å². The van der Waals surface area contributed by atoms with Crippen LogP contribution in [0.5, 0.6) is 11.6 Å². The number of ether oxygens (including phenoxy) is 1. The molecule has 0 radical (unpaired) electrons. The van der Waals surface area contributed by atoms with Crippen LogP contribution >= 0.6 is 0 Å². The number of fused-ring (bicyclic) bond motifs is 1. The molecule has 20 heavy (non-hydrogen) atoms. The van der Waals surface area contributed by atoms with Crippen molar-refractivity contribution in [1.82, 2.24) is 25.0 Å². The Labute approximate surface area is 114 Å². The predicted octanol–water partition coefficient (Wildman–Crippen LogP) is 1.62. The van der Waals surface area contributed by atoms with Gasteiger partial charge in [0.25, 0.3) is 0 Å². The Balaban J connectivity index is 2.02. The van der Waals surface area contributed by atoms with Crippen molar-refractivity contribution in [3.05, 3.63) is 48.8 Å². The smallest absolute Gasteiger partial charge is 0.242 e. The summed E-state index contributed by atoms with van der Waals surface area (Å²) in [5, 5.41) is 11.3. The molecule has 2 heterocycles. The van der Waals surface area contributed by atoms with E-state index < -0.39 is 0 Å². The number of allylic oxidation sites excluding steroid dienone is 1. The van der Waals surface area contributed by atoms with Gasteiger partial charge in [0.1, 0.15) is 5.75 Å². The van der Waals surface area contributed by atoms with Crippen LogP contribution in [0.1, 0.15) is 5.56 Å². The first-order valence-electron chi connectivity index (χ1n) is 5.97. The molecule has 3 aromatic rings. The van der Waals surface area contributed by atoms with Gasteiger partial charge in [0.05, 0.1) is 12.4 Å². The zero-order chi connectivity index (χ0) is 13.9. The lowest BCUT2D eigenvalue weighted by Crippen LogP contribution is -1.99. The number of hydrogen-bond acceptors (Lipinski definition) is 6. The molecule has 0 spiro atoms. The van der Waals surface area contributed by atoms with Crippen LogP contribution in [0.25, 0.3) is 5.65 Å². The zero-order valence-electron chi connectivity index (χ0n) is 10.6. The fourth-order valence-electron chi connectivity index (χ4n) is 1.85. The van der Waals surface area contributed by atoms with E-state index in [1.165, 1.54) is 4.52 Å². The summed E-state index contributed by atoms with van der Waals surface area (Å²) < 4.78 is 7.32. The second kappa shape index (κ2) is 4.96. The molecule has 0 unspecified atom stereocenters. The lowest BCUT2D eigenvalue weighted by atomic mass is 10.1. The third-order valence-corrected chi connectivity index (χ3v) is 2.74. The quantitative estimate of drug-likeness (QED) is 0.571. The van der Waals surface area contributed by atoms with Gasteiger partial charge in [-0.05, 0) is 35.0 Å². The van der Waals surface area contributed by atoms with Crippen molar-refractivity contribution in [2.24, 2.45) is 0 Å². The lowest BCUT2D eigenvalue weighted by molar-refractivity contribution is 0.438. The fourth-order valence-corrected chi connectivity index (χ4v) is 1.85. The van der Waals surface area contributed by atoms with Crippen LogP contribution in [0.15, 0.2) is 43.2 Å². The van der Waals surface area contributed by atoms with Gasteiger partial charge in [0.2, 0.25) is 11.5 Å². The SMILES string of the molecule is C=CCc1cc(N)ccc1Oc1cncc2nnnn12. The molecular weight excluding hydrogens is 256 g/mol. The summed E-state index contributed by atoms with van der Waals surface area (Å²) in [5.41, 5.74) is 7.91. The number of nitrogen functional groups attached to an aromatic ring is 1. The van der Waals surface area contributed by atoms with Crippen LogP contribution in [-0.4, -0.2) is 25.0 Å². The second-order valence-electron chi connectivity index (χ2n) is 4.16. The van der Waals surface area contributed by atoms with Crippen molar-refractivity contribution in [1.29, 1.82) is 0 Å². The molecule has 0 fully saturated rings. The number of anilines is 1. The van der Waals surface area contributed by atoms with Gasteiger partial charge in [0.15, 0.2) is 0 Å². The molecule has 1 aromatic carbocycles. The van der Waals surface area contributed by atoms with Gasteiger partial charge in [-0.2, -0.15) is 4.52 Å². The molecule has 100 valence electrons. The van der Waals surface area contributed by atoms with Gasteiger partial charge in [-0.3, -0.25) is 4.98 Å². The largest absolute Gasteiger partial charge is 0.437 e. The van der Waals surface area contributed by atoms with Crippen LogP contribution in [0.3, 0.4) is 0 Å². The van der Waals surface area contributed by atoms with E-state index in [0.29, 0.717) is 29.4 Å². The van der Waals surface area contributed by atoms with Crippen molar-refractivity contribution in [2.45, 2.75) is 6.42 Å². The van der Waals surface area contributed by atoms with E-state index >= 15 is 0 Å². The molecule has 2 aromatic heterocycles. The third kappa shape index (κ3) is 2.16. The molecule has 0 aliphatic heterocycles. The third-order valence-electron chi connectivity index (χ3n) is 2.74. The van der Waals surface area contributed by atoms with Gasteiger partial charge in [-0.25, -0.2) is 0 Å². The molecule has 0 bridgehead atoms. The van der Waals surface area contributed by atoms with Crippen LogP contribution in [-0.2, 0) is 6.42 Å². The van der Waals surface area contributed by atoms with Crippen molar-refractivity contribution < 1.29 is 4.74 Å². The maximum absolute atomic E-state index is 5.84. The summed E-state index contributed by atoms with van der Waals surface area (Å²) in [7, 11) is 0. The van der Waals surface area contributed by atoms with Crippen LogP contribution in [0, 0.1) is 0 Å². The van der Waals surface area contributed by atoms with E-state index in [1.807, 2.05) is 6.07 Å². The number of nitrogens with zero attached hydrogens (tertiary/aromatic N) is 5. The fraction of sp³-hybridized carbons (Fsp3) is 0.0769. The van der Waals surface area contributed by atoms with Crippen molar-refractivity contribution in [3.63, 3.8) is 0 Å². The molecule has 0 aliphatic rings. The summed E-state index contributed by atoms with van der Waals surface area (Å²) in [6, 6.07) is 5.43. The maximum atomic E-state index is 5.84. The minimum atomic E-state index is 0.433. The highest BCUT2D eigenvalue weighted by molar-refractivity contribution is 5.49. The van der Waals surface area contributed by atoms with Crippen LogP contribution in [0.4, 0.5) is 5.69 Å². The van der Waals surface area contributed by atoms with Gasteiger partial charge < -0.3 is 10.5 Å². The molecule has 0 amide bonds. The van der Waals surface area contributed by atoms with E-state index in [1.54, 1.807) is 30.6 Å². The molecule has 0 atom stereocenters. The predicted molar refractivity (Wildman–Crippen MR) is 73.4 cm³/mol. The van der Waals surface area contributed by atoms with E-state index in [0.717, 1.165) is 5.56 Å². The zero-order valence-corrected chi connectivity index (χ0v) is 10.6. The second-order valence-corrected chi connectivity index (χ2v) is 4.16. The highest BCUT2D eigenvalue weighted by Gasteiger charge is 2.09. The van der Waals surface area contributed by atoms with Gasteiger partial charge in [-0.15, -0.1) is 11.7 Å². The number of benzene rings is 1. The first-order valence-corrected chi connectivity index (χ1v) is 5.97. The molecule has 3 rings (SSSR count). The summed E-state index contributed by atoms with van der Waals surface area (Å²) in [5.74, 6) is 1.10. The van der Waals surface area contributed by atoms with Gasteiger partial charge in [0, 0.05) is 11.3 Å². The van der Waals surface area contributed by atoms with E-state index in [-0.39, 0.29) is 0 Å². The number of aromatic nitrogens is 5. The molecule has 0 saturated carbocycles. The Hall–Kier alpha value is -2.96. The summed E-state index contributed by atoms with van der Waals surface area (Å²) >= 11 is 0. The minimum absolute atomic E-state index is 0.433. The Morgan fingerprint density at radius 2 is 2.25 bits per heavy atom. The average molecular weight is 268 g/mol. The molecular formula is C13H12N6O. The Morgan fingerprint density at radius 1 is 1.35 bits per heavy atom. The Morgan fingerprint density at radius 3 is 3.10 bits per heavy atom. The van der Waals surface area contributed by atoms with Crippen LogP contribution < -0.4 is 10.5 Å². The van der Waals surface area contributed by atoms with Gasteiger partial charge >= 0.3 is 0 Å². The first kappa shape index (κ1) is 12.1. The summed E-state index contributed by atoms with van der Waals surface area (Å²) in [4.78, 5) is 4.04. The highest BCUT2D eigenvalue weighted by Crippen LogP contribution is 2.27. The molecule has 2 N–H and O–H groups in total. The standard InChI is InChI=1S/C13H12N6O/c1-2-3-9-6-10(14)4-5-11(9)20-13-8-15-7-12-16-17-18-19(12)13/h2,4-8H,1,3,14H2. The van der Waals surface area contributed by atoms with E-state index in [4.69, 9.17) is 10.5 Å². The normalized spacial score (nSPS) is 10.6. The molecule has 0 saturated heterocycles. The molecule has 7 heteroatoms. The molecule has 0 aliphatic carbocycles. The number of hydrogen-bond donors (Lipinski definition) is 1. The minimum Gasteiger partial charge on any atom is -0.437 e. The van der Waals surface area contributed by atoms with Crippen LogP contribution in [0.2, 0.25) is 0 Å². The Bertz CT molecular complexity index is 766. The Kier molecular flexibility index (Phi) is 3.00. The topological polar surface area (TPSA) is 91.2 Å². The molecule has 7 nitrogen and oxygen atoms in total. The van der Waals surface area contributed by atoms with E-state index in [9.17, 15) is 0 Å². The van der Waals surface area contributed by atoms with E-state index in [2.05, 4.69) is 27.1 Å². The number of tetrazole rings is 1. The van der Waals surface area contributed by atoms with Crippen molar-refractivity contribution >= 4 is 11.3 Å². The number of rotatable bonds is 4. The average Bonchev–Trinajstić information content (AvgIpc) is 2.91. The van der Waals surface area contributed by atoms with Crippen molar-refractivity contribution in [3.8, 4) is 11.6 Å².